The van der Waals surface area contributed by atoms with Gasteiger partial charge in [-0.05, 0) is 42.8 Å². The van der Waals surface area contributed by atoms with E-state index in [9.17, 15) is 13.7 Å². The maximum absolute atomic E-state index is 11.5. The molecule has 0 saturated heterocycles. The number of hydrogen-bond acceptors (Lipinski definition) is 5. The number of primary sulfonamides is 1. The second-order valence-electron chi connectivity index (χ2n) is 6.19. The van der Waals surface area contributed by atoms with E-state index >= 15 is 0 Å². The van der Waals surface area contributed by atoms with Crippen LogP contribution in [0.25, 0.3) is 0 Å². The molecule has 0 saturated carbocycles. The maximum atomic E-state index is 11.5. The van der Waals surface area contributed by atoms with Gasteiger partial charge in [0.2, 0.25) is 10.0 Å². The van der Waals surface area contributed by atoms with Gasteiger partial charge in [0.1, 0.15) is 17.6 Å². The predicted molar refractivity (Wildman–Crippen MR) is 108 cm³/mol. The molecule has 0 aromatic heterocycles. The highest BCUT2D eigenvalue weighted by Gasteiger charge is 2.12. The van der Waals surface area contributed by atoms with Crippen LogP contribution < -0.4 is 15.2 Å². The molecule has 0 fully saturated rings. The SMILES string of the molecule is Cc1ccccc1Oc1ccccc1CNc1ccc(S(N)(=O)=O)cc1C#N. The van der Waals surface area contributed by atoms with Gasteiger partial charge < -0.3 is 10.1 Å². The zero-order valence-corrected chi connectivity index (χ0v) is 16.0. The lowest BCUT2D eigenvalue weighted by Gasteiger charge is -2.14. The highest BCUT2D eigenvalue weighted by atomic mass is 32.2. The van der Waals surface area contributed by atoms with Crippen molar-refractivity contribution in [1.29, 1.82) is 5.26 Å². The molecule has 0 radical (unpaired) electrons. The minimum absolute atomic E-state index is 0.0992. The van der Waals surface area contributed by atoms with Gasteiger partial charge in [0, 0.05) is 12.1 Å². The average molecular weight is 393 g/mol. The highest BCUT2D eigenvalue weighted by molar-refractivity contribution is 7.89. The fourth-order valence-corrected chi connectivity index (χ4v) is 3.22. The van der Waals surface area contributed by atoms with Crippen LogP contribution in [0.4, 0.5) is 5.69 Å². The first-order chi connectivity index (χ1) is 13.4. The van der Waals surface area contributed by atoms with Crippen LogP contribution in [0, 0.1) is 18.3 Å². The number of para-hydroxylation sites is 2. The summed E-state index contributed by atoms with van der Waals surface area (Å²) in [5, 5.41) is 17.6. The number of nitriles is 1. The molecule has 3 aromatic rings. The smallest absolute Gasteiger partial charge is 0.238 e. The van der Waals surface area contributed by atoms with Crippen molar-refractivity contribution in [2.24, 2.45) is 5.14 Å². The zero-order chi connectivity index (χ0) is 20.1. The van der Waals surface area contributed by atoms with Gasteiger partial charge in [-0.1, -0.05) is 36.4 Å². The van der Waals surface area contributed by atoms with Crippen molar-refractivity contribution in [3.63, 3.8) is 0 Å². The predicted octanol–water partition coefficient (Wildman–Crippen LogP) is 3.92. The van der Waals surface area contributed by atoms with Gasteiger partial charge in [0.25, 0.3) is 0 Å². The maximum Gasteiger partial charge on any atom is 0.238 e. The number of ether oxygens (including phenoxy) is 1. The molecule has 0 amide bonds. The lowest BCUT2D eigenvalue weighted by atomic mass is 10.1. The standard InChI is InChI=1S/C21H19N3O3S/c1-15-6-2-4-8-20(15)27-21-9-5-3-7-16(21)14-24-19-11-10-18(28(23,25)26)12-17(19)13-22/h2-12,24H,14H2,1H3,(H2,23,25,26). The number of nitrogens with one attached hydrogen (secondary N) is 1. The molecule has 0 aliphatic heterocycles. The summed E-state index contributed by atoms with van der Waals surface area (Å²) in [6, 6.07) is 21.5. The molecule has 0 aliphatic rings. The van der Waals surface area contributed by atoms with E-state index in [0.717, 1.165) is 16.9 Å². The molecule has 3 N–H and O–H groups in total. The molecule has 6 nitrogen and oxygen atoms in total. The lowest BCUT2D eigenvalue weighted by Crippen LogP contribution is -2.12. The van der Waals surface area contributed by atoms with Gasteiger partial charge in [-0.15, -0.1) is 0 Å². The van der Waals surface area contributed by atoms with E-state index in [2.05, 4.69) is 5.32 Å². The third kappa shape index (κ3) is 4.49. The molecule has 3 rings (SSSR count). The van der Waals surface area contributed by atoms with E-state index in [1.165, 1.54) is 18.2 Å². The molecule has 7 heteroatoms. The first kappa shape index (κ1) is 19.4. The Kier molecular flexibility index (Phi) is 5.64. The summed E-state index contributed by atoms with van der Waals surface area (Å²) in [7, 11) is -3.86. The van der Waals surface area contributed by atoms with Gasteiger partial charge in [-0.3, -0.25) is 0 Å². The largest absolute Gasteiger partial charge is 0.457 e. The minimum Gasteiger partial charge on any atom is -0.457 e. The Balaban J connectivity index is 1.83. The zero-order valence-electron chi connectivity index (χ0n) is 15.2. The summed E-state index contributed by atoms with van der Waals surface area (Å²) >= 11 is 0. The Hall–Kier alpha value is -3.34. The summed E-state index contributed by atoms with van der Waals surface area (Å²) in [5.74, 6) is 1.47. The van der Waals surface area contributed by atoms with Crippen LogP contribution in [-0.4, -0.2) is 8.42 Å². The van der Waals surface area contributed by atoms with Crippen molar-refractivity contribution in [1.82, 2.24) is 0 Å². The van der Waals surface area contributed by atoms with Gasteiger partial charge >= 0.3 is 0 Å². The number of benzene rings is 3. The van der Waals surface area contributed by atoms with E-state index in [4.69, 9.17) is 9.88 Å². The van der Waals surface area contributed by atoms with Crippen LogP contribution in [-0.2, 0) is 16.6 Å². The van der Waals surface area contributed by atoms with E-state index in [1.54, 1.807) is 0 Å². The van der Waals surface area contributed by atoms with E-state index in [1.807, 2.05) is 61.5 Å². The molecule has 28 heavy (non-hydrogen) atoms. The molecule has 0 heterocycles. The number of nitrogens with two attached hydrogens (primary N) is 1. The van der Waals surface area contributed by atoms with Crippen LogP contribution in [0.15, 0.2) is 71.6 Å². The second kappa shape index (κ2) is 8.13. The Bertz CT molecular complexity index is 1150. The molecular formula is C21H19N3O3S. The van der Waals surface area contributed by atoms with Crippen LogP contribution in [0.1, 0.15) is 16.7 Å². The van der Waals surface area contributed by atoms with Crippen molar-refractivity contribution in [2.75, 3.05) is 5.32 Å². The Labute approximate surface area is 164 Å². The molecule has 0 unspecified atom stereocenters. The molecular weight excluding hydrogens is 374 g/mol. The van der Waals surface area contributed by atoms with E-state index in [0.29, 0.717) is 18.0 Å². The topological polar surface area (TPSA) is 105 Å². The van der Waals surface area contributed by atoms with Gasteiger partial charge in [-0.2, -0.15) is 5.26 Å². The third-order valence-corrected chi connectivity index (χ3v) is 5.11. The number of sulfonamides is 1. The van der Waals surface area contributed by atoms with Crippen LogP contribution >= 0.6 is 0 Å². The summed E-state index contributed by atoms with van der Waals surface area (Å²) in [4.78, 5) is -0.0992. The van der Waals surface area contributed by atoms with E-state index < -0.39 is 10.0 Å². The van der Waals surface area contributed by atoms with Crippen molar-refractivity contribution in [2.45, 2.75) is 18.4 Å². The molecule has 0 atom stereocenters. The number of nitrogens with zero attached hydrogens (tertiary/aromatic N) is 1. The van der Waals surface area contributed by atoms with Crippen LogP contribution in [0.2, 0.25) is 0 Å². The number of rotatable bonds is 6. The molecule has 0 aliphatic carbocycles. The van der Waals surface area contributed by atoms with Gasteiger partial charge in [-0.25, -0.2) is 13.6 Å². The van der Waals surface area contributed by atoms with Gasteiger partial charge in [0.15, 0.2) is 0 Å². The van der Waals surface area contributed by atoms with Crippen LogP contribution in [0.5, 0.6) is 11.5 Å². The molecule has 3 aromatic carbocycles. The lowest BCUT2D eigenvalue weighted by molar-refractivity contribution is 0.473. The minimum atomic E-state index is -3.86. The molecule has 142 valence electrons. The van der Waals surface area contributed by atoms with Crippen molar-refractivity contribution in [3.8, 4) is 17.6 Å². The number of aryl methyl sites for hydroxylation is 1. The summed E-state index contributed by atoms with van der Waals surface area (Å²) in [6.07, 6.45) is 0. The Morgan fingerprint density at radius 2 is 1.71 bits per heavy atom. The fraction of sp³-hybridized carbons (Fsp3) is 0.0952. The first-order valence-corrected chi connectivity index (χ1v) is 10.1. The number of hydrogen-bond donors (Lipinski definition) is 2. The summed E-state index contributed by atoms with van der Waals surface area (Å²) in [5.41, 5.74) is 2.63. The van der Waals surface area contributed by atoms with E-state index in [-0.39, 0.29) is 10.5 Å². The summed E-state index contributed by atoms with van der Waals surface area (Å²) < 4.78 is 29.0. The Morgan fingerprint density at radius 1 is 1.04 bits per heavy atom. The average Bonchev–Trinajstić information content (AvgIpc) is 2.68. The first-order valence-electron chi connectivity index (χ1n) is 8.50. The van der Waals surface area contributed by atoms with Crippen molar-refractivity contribution in [3.05, 3.63) is 83.4 Å². The van der Waals surface area contributed by atoms with Crippen molar-refractivity contribution < 1.29 is 13.2 Å². The normalized spacial score (nSPS) is 10.9. The highest BCUT2D eigenvalue weighted by Crippen LogP contribution is 2.28. The van der Waals surface area contributed by atoms with Crippen LogP contribution in [0.3, 0.4) is 0 Å². The number of anilines is 1. The van der Waals surface area contributed by atoms with Gasteiger partial charge in [0.05, 0.1) is 16.1 Å². The Morgan fingerprint density at radius 3 is 2.39 bits per heavy atom. The van der Waals surface area contributed by atoms with Crippen molar-refractivity contribution >= 4 is 15.7 Å². The summed E-state index contributed by atoms with van der Waals surface area (Å²) in [6.45, 7) is 2.37. The molecule has 0 spiro atoms. The quantitative estimate of drug-likeness (QED) is 0.660. The third-order valence-electron chi connectivity index (χ3n) is 4.20. The second-order valence-corrected chi connectivity index (χ2v) is 7.75. The molecule has 0 bridgehead atoms. The monoisotopic (exact) mass is 393 g/mol. The fourth-order valence-electron chi connectivity index (χ4n) is 2.68.